The first-order valence-electron chi connectivity index (χ1n) is 5.08. The van der Waals surface area contributed by atoms with Crippen LogP contribution in [0.4, 0.5) is 0 Å². The summed E-state index contributed by atoms with van der Waals surface area (Å²) in [6.45, 7) is 9.25. The molecular formula is C9H20N4O. The number of hydrogen-bond donors (Lipinski definition) is 2. The Morgan fingerprint density at radius 2 is 1.93 bits per heavy atom. The maximum Gasteiger partial charge on any atom is 0.233 e. The lowest BCUT2D eigenvalue weighted by atomic mass is 10.2. The molecule has 5 heteroatoms. The summed E-state index contributed by atoms with van der Waals surface area (Å²) in [5.41, 5.74) is 5.50. The largest absolute Gasteiger partial charge is 0.408 e. The van der Waals surface area contributed by atoms with E-state index in [2.05, 4.69) is 23.9 Å². The number of rotatable bonds is 2. The molecular weight excluding hydrogens is 180 g/mol. The van der Waals surface area contributed by atoms with Gasteiger partial charge in [0.15, 0.2) is 0 Å². The fraction of sp³-hybridized carbons (Fsp3) is 0.889. The van der Waals surface area contributed by atoms with Crippen LogP contribution in [0.25, 0.3) is 0 Å². The highest BCUT2D eigenvalue weighted by Crippen LogP contribution is 2.04. The second-order valence-electron chi connectivity index (χ2n) is 4.14. The zero-order valence-corrected chi connectivity index (χ0v) is 8.98. The highest BCUT2D eigenvalue weighted by molar-refractivity contribution is 5.77. The van der Waals surface area contributed by atoms with Crippen molar-refractivity contribution in [2.45, 2.75) is 13.8 Å². The topological polar surface area (TPSA) is 65.1 Å². The summed E-state index contributed by atoms with van der Waals surface area (Å²) in [6.07, 6.45) is 0. The van der Waals surface area contributed by atoms with Crippen LogP contribution in [0.2, 0.25) is 0 Å². The molecule has 1 fully saturated rings. The van der Waals surface area contributed by atoms with E-state index in [9.17, 15) is 0 Å². The van der Waals surface area contributed by atoms with Crippen LogP contribution < -0.4 is 5.73 Å². The zero-order chi connectivity index (χ0) is 10.6. The molecule has 0 aromatic heterocycles. The van der Waals surface area contributed by atoms with Gasteiger partial charge in [0, 0.05) is 32.7 Å². The smallest absolute Gasteiger partial charge is 0.233 e. The van der Waals surface area contributed by atoms with Gasteiger partial charge in [-0.05, 0) is 5.92 Å². The van der Waals surface area contributed by atoms with E-state index in [1.165, 1.54) is 0 Å². The Morgan fingerprint density at radius 1 is 1.36 bits per heavy atom. The molecule has 0 spiro atoms. The lowest BCUT2D eigenvalue weighted by molar-refractivity contribution is 0.161. The average molecular weight is 200 g/mol. The van der Waals surface area contributed by atoms with Crippen LogP contribution in [-0.4, -0.2) is 53.7 Å². The van der Waals surface area contributed by atoms with E-state index < -0.39 is 0 Å². The van der Waals surface area contributed by atoms with Crippen molar-refractivity contribution in [3.8, 4) is 0 Å². The third-order valence-corrected chi connectivity index (χ3v) is 2.42. The van der Waals surface area contributed by atoms with Gasteiger partial charge in [0.05, 0.1) is 0 Å². The van der Waals surface area contributed by atoms with E-state index in [0.29, 0.717) is 5.92 Å². The summed E-state index contributed by atoms with van der Waals surface area (Å²) in [6, 6.07) is 0. The van der Waals surface area contributed by atoms with Crippen molar-refractivity contribution in [3.63, 3.8) is 0 Å². The Labute approximate surface area is 85.2 Å². The molecule has 1 aliphatic rings. The second kappa shape index (κ2) is 5.05. The van der Waals surface area contributed by atoms with Crippen LogP contribution in [0.5, 0.6) is 0 Å². The Bertz CT molecular complexity index is 197. The van der Waals surface area contributed by atoms with Gasteiger partial charge >= 0.3 is 0 Å². The third kappa shape index (κ3) is 3.06. The summed E-state index contributed by atoms with van der Waals surface area (Å²) in [4.78, 5) is 4.31. The molecule has 1 rings (SSSR count). The third-order valence-electron chi connectivity index (χ3n) is 2.42. The zero-order valence-electron chi connectivity index (χ0n) is 8.98. The summed E-state index contributed by atoms with van der Waals surface area (Å²) in [7, 11) is 0. The van der Waals surface area contributed by atoms with E-state index in [1.807, 2.05) is 4.90 Å². The normalized spacial score (nSPS) is 20.5. The number of nitrogens with zero attached hydrogens (tertiary/aromatic N) is 3. The first-order chi connectivity index (χ1) is 6.63. The van der Waals surface area contributed by atoms with Crippen molar-refractivity contribution in [1.29, 1.82) is 0 Å². The first-order valence-corrected chi connectivity index (χ1v) is 5.08. The van der Waals surface area contributed by atoms with Gasteiger partial charge in [-0.2, -0.15) is 0 Å². The summed E-state index contributed by atoms with van der Waals surface area (Å²) < 4.78 is 0. The maximum atomic E-state index is 8.51. The first kappa shape index (κ1) is 11.1. The highest BCUT2D eigenvalue weighted by atomic mass is 16.4. The predicted molar refractivity (Wildman–Crippen MR) is 56.3 cm³/mol. The SMILES string of the molecule is CC(C)CN1CCN(C(N)=NO)CC1. The molecule has 1 saturated heterocycles. The van der Waals surface area contributed by atoms with Crippen molar-refractivity contribution in [3.05, 3.63) is 0 Å². The molecule has 1 aliphatic heterocycles. The molecule has 0 aromatic carbocycles. The second-order valence-corrected chi connectivity index (χ2v) is 4.14. The molecule has 0 aliphatic carbocycles. The van der Waals surface area contributed by atoms with Gasteiger partial charge in [-0.15, -0.1) is 0 Å². The Balaban J connectivity index is 2.31. The van der Waals surface area contributed by atoms with Crippen molar-refractivity contribution in [2.75, 3.05) is 32.7 Å². The van der Waals surface area contributed by atoms with Crippen molar-refractivity contribution in [2.24, 2.45) is 16.8 Å². The minimum atomic E-state index is 0.231. The van der Waals surface area contributed by atoms with Crippen molar-refractivity contribution >= 4 is 5.96 Å². The van der Waals surface area contributed by atoms with E-state index in [4.69, 9.17) is 10.9 Å². The number of oxime groups is 1. The van der Waals surface area contributed by atoms with Gasteiger partial charge in [0.1, 0.15) is 0 Å². The fourth-order valence-electron chi connectivity index (χ4n) is 1.74. The molecule has 14 heavy (non-hydrogen) atoms. The molecule has 82 valence electrons. The number of nitrogens with two attached hydrogens (primary N) is 1. The minimum absolute atomic E-state index is 0.231. The van der Waals surface area contributed by atoms with E-state index >= 15 is 0 Å². The van der Waals surface area contributed by atoms with Crippen molar-refractivity contribution in [1.82, 2.24) is 9.80 Å². The lowest BCUT2D eigenvalue weighted by Crippen LogP contribution is -2.51. The van der Waals surface area contributed by atoms with E-state index in [1.54, 1.807) is 0 Å². The summed E-state index contributed by atoms with van der Waals surface area (Å²) >= 11 is 0. The van der Waals surface area contributed by atoms with Crippen LogP contribution in [0.15, 0.2) is 5.16 Å². The number of piperazine rings is 1. The lowest BCUT2D eigenvalue weighted by Gasteiger charge is -2.35. The monoisotopic (exact) mass is 200 g/mol. The van der Waals surface area contributed by atoms with Crippen LogP contribution >= 0.6 is 0 Å². The summed E-state index contributed by atoms with van der Waals surface area (Å²) in [5.74, 6) is 0.930. The van der Waals surface area contributed by atoms with Crippen LogP contribution in [0, 0.1) is 5.92 Å². The molecule has 3 N–H and O–H groups in total. The van der Waals surface area contributed by atoms with Gasteiger partial charge in [-0.3, -0.25) is 4.90 Å². The number of guanidine groups is 1. The van der Waals surface area contributed by atoms with E-state index in [-0.39, 0.29) is 5.96 Å². The molecule has 5 nitrogen and oxygen atoms in total. The molecule has 0 unspecified atom stereocenters. The molecule has 0 radical (unpaired) electrons. The highest BCUT2D eigenvalue weighted by Gasteiger charge is 2.18. The standard InChI is InChI=1S/C9H20N4O/c1-8(2)7-12-3-5-13(6-4-12)9(10)11-14/h8,14H,3-7H2,1-2H3,(H2,10,11). The Morgan fingerprint density at radius 3 is 2.36 bits per heavy atom. The van der Waals surface area contributed by atoms with Gasteiger partial charge in [-0.25, -0.2) is 0 Å². The fourth-order valence-corrected chi connectivity index (χ4v) is 1.74. The quantitative estimate of drug-likeness (QED) is 0.284. The van der Waals surface area contributed by atoms with Gasteiger partial charge in [0.2, 0.25) is 5.96 Å². The minimum Gasteiger partial charge on any atom is -0.408 e. The van der Waals surface area contributed by atoms with E-state index in [0.717, 1.165) is 32.7 Å². The Hall–Kier alpha value is -0.970. The number of hydrogen-bond acceptors (Lipinski definition) is 3. The Kier molecular flexibility index (Phi) is 4.00. The molecule has 0 amide bonds. The van der Waals surface area contributed by atoms with Crippen molar-refractivity contribution < 1.29 is 5.21 Å². The van der Waals surface area contributed by atoms with Crippen LogP contribution in [0.1, 0.15) is 13.8 Å². The molecule has 0 saturated carbocycles. The molecule has 0 atom stereocenters. The maximum absolute atomic E-state index is 8.51. The summed E-state index contributed by atoms with van der Waals surface area (Å²) in [5, 5.41) is 11.5. The van der Waals surface area contributed by atoms with Gasteiger partial charge in [-0.1, -0.05) is 19.0 Å². The van der Waals surface area contributed by atoms with Gasteiger partial charge in [0.25, 0.3) is 0 Å². The van der Waals surface area contributed by atoms with Crippen LogP contribution in [-0.2, 0) is 0 Å². The molecule has 0 aromatic rings. The average Bonchev–Trinajstić information content (AvgIpc) is 2.17. The molecule has 0 bridgehead atoms. The van der Waals surface area contributed by atoms with Gasteiger partial charge < -0.3 is 15.8 Å². The predicted octanol–water partition coefficient (Wildman–Crippen LogP) is -0.0361. The molecule has 1 heterocycles. The van der Waals surface area contributed by atoms with Crippen LogP contribution in [0.3, 0.4) is 0 Å².